The number of benzene rings is 1. The maximum absolute atomic E-state index is 10.9. The molecule has 0 radical (unpaired) electrons. The average Bonchev–Trinajstić information content (AvgIpc) is 2.63. The van der Waals surface area contributed by atoms with Gasteiger partial charge in [0, 0.05) is 13.1 Å². The van der Waals surface area contributed by atoms with E-state index in [1.807, 2.05) is 0 Å². The summed E-state index contributed by atoms with van der Waals surface area (Å²) in [5.74, 6) is 0. The van der Waals surface area contributed by atoms with E-state index >= 15 is 0 Å². The smallest absolute Gasteiger partial charge is 0.310 e. The van der Waals surface area contributed by atoms with E-state index in [0.29, 0.717) is 25.2 Å². The summed E-state index contributed by atoms with van der Waals surface area (Å²) < 4.78 is 0. The molecule has 86 valence electrons. The Morgan fingerprint density at radius 3 is 2.88 bits per heavy atom. The first-order chi connectivity index (χ1) is 7.59. The lowest BCUT2D eigenvalue weighted by atomic mass is 10.2. The highest BCUT2D eigenvalue weighted by molar-refractivity contribution is 6.33. The Morgan fingerprint density at radius 2 is 2.31 bits per heavy atom. The molecule has 16 heavy (non-hydrogen) atoms. The van der Waals surface area contributed by atoms with Crippen LogP contribution in [0.1, 0.15) is 6.42 Å². The van der Waals surface area contributed by atoms with E-state index in [-0.39, 0.29) is 10.7 Å². The first-order valence-electron chi connectivity index (χ1n) is 4.95. The number of halogens is 1. The lowest BCUT2D eigenvalue weighted by Crippen LogP contribution is -2.22. The zero-order chi connectivity index (χ0) is 11.7. The second-order valence-electron chi connectivity index (χ2n) is 3.75. The molecule has 0 aliphatic carbocycles. The van der Waals surface area contributed by atoms with Crippen molar-refractivity contribution >= 4 is 23.0 Å². The van der Waals surface area contributed by atoms with Gasteiger partial charge in [-0.3, -0.25) is 10.1 Å². The summed E-state index contributed by atoms with van der Waals surface area (Å²) in [5, 5.41) is 20.5. The monoisotopic (exact) mass is 242 g/mol. The molecule has 5 nitrogen and oxygen atoms in total. The number of nitro groups is 1. The molecule has 1 fully saturated rings. The molecule has 1 N–H and O–H groups in total. The minimum atomic E-state index is -0.484. The van der Waals surface area contributed by atoms with Crippen molar-refractivity contribution in [2.24, 2.45) is 0 Å². The molecule has 1 aliphatic rings. The van der Waals surface area contributed by atoms with Crippen LogP contribution in [0.3, 0.4) is 0 Å². The molecular weight excluding hydrogens is 232 g/mol. The fraction of sp³-hybridized carbons (Fsp3) is 0.400. The van der Waals surface area contributed by atoms with Crippen LogP contribution in [0.5, 0.6) is 0 Å². The largest absolute Gasteiger partial charge is 0.391 e. The fourth-order valence-corrected chi connectivity index (χ4v) is 2.14. The Hall–Kier alpha value is -1.33. The average molecular weight is 243 g/mol. The molecule has 1 aromatic rings. The molecule has 0 amide bonds. The molecular formula is C10H11ClN2O3. The highest BCUT2D eigenvalue weighted by Gasteiger charge is 2.27. The number of hydrogen-bond acceptors (Lipinski definition) is 4. The zero-order valence-corrected chi connectivity index (χ0v) is 9.22. The predicted octanol–water partition coefficient (Wildman–Crippen LogP) is 1.82. The van der Waals surface area contributed by atoms with Crippen LogP contribution in [0, 0.1) is 10.1 Å². The number of β-amino-alcohol motifs (C(OH)–C–C–N with tert-alkyl or cyclic N) is 1. The van der Waals surface area contributed by atoms with Crippen molar-refractivity contribution < 1.29 is 10.0 Å². The van der Waals surface area contributed by atoms with Gasteiger partial charge in [0.2, 0.25) is 0 Å². The maximum Gasteiger partial charge on any atom is 0.310 e. The van der Waals surface area contributed by atoms with Gasteiger partial charge >= 0.3 is 5.69 Å². The summed E-state index contributed by atoms with van der Waals surface area (Å²) in [7, 11) is 0. The van der Waals surface area contributed by atoms with Gasteiger partial charge in [0.25, 0.3) is 0 Å². The van der Waals surface area contributed by atoms with Gasteiger partial charge in [-0.2, -0.15) is 0 Å². The third-order valence-corrected chi connectivity index (χ3v) is 2.96. The summed E-state index contributed by atoms with van der Waals surface area (Å²) in [6.45, 7) is 1.03. The number of para-hydroxylation sites is 1. The Bertz CT molecular complexity index is 425. The first-order valence-corrected chi connectivity index (χ1v) is 5.33. The molecule has 1 aliphatic heterocycles. The van der Waals surface area contributed by atoms with E-state index in [0.717, 1.165) is 0 Å². The van der Waals surface area contributed by atoms with Crippen molar-refractivity contribution in [3.8, 4) is 0 Å². The van der Waals surface area contributed by atoms with Crippen LogP contribution in [0.25, 0.3) is 0 Å². The second kappa shape index (κ2) is 4.27. The third kappa shape index (κ3) is 1.96. The number of rotatable bonds is 2. The van der Waals surface area contributed by atoms with Crippen LogP contribution >= 0.6 is 11.6 Å². The van der Waals surface area contributed by atoms with Gasteiger partial charge in [0.15, 0.2) is 0 Å². The van der Waals surface area contributed by atoms with E-state index in [1.165, 1.54) is 6.07 Å². The molecule has 0 bridgehead atoms. The zero-order valence-electron chi connectivity index (χ0n) is 8.47. The van der Waals surface area contributed by atoms with Crippen LogP contribution in [0.15, 0.2) is 18.2 Å². The summed E-state index contributed by atoms with van der Waals surface area (Å²) in [4.78, 5) is 12.2. The first kappa shape index (κ1) is 11.2. The van der Waals surface area contributed by atoms with E-state index in [2.05, 4.69) is 0 Å². The minimum absolute atomic E-state index is 0.0849. The van der Waals surface area contributed by atoms with Crippen molar-refractivity contribution in [2.45, 2.75) is 12.5 Å². The van der Waals surface area contributed by atoms with Crippen LogP contribution in [0.2, 0.25) is 5.02 Å². The molecule has 1 heterocycles. The van der Waals surface area contributed by atoms with Gasteiger partial charge < -0.3 is 10.0 Å². The lowest BCUT2D eigenvalue weighted by Gasteiger charge is -2.17. The summed E-state index contributed by atoms with van der Waals surface area (Å²) in [6.07, 6.45) is 0.211. The second-order valence-corrected chi connectivity index (χ2v) is 4.16. The van der Waals surface area contributed by atoms with E-state index < -0.39 is 11.0 Å². The van der Waals surface area contributed by atoms with Crippen molar-refractivity contribution in [3.05, 3.63) is 33.3 Å². The van der Waals surface area contributed by atoms with Crippen molar-refractivity contribution in [2.75, 3.05) is 18.0 Å². The maximum atomic E-state index is 10.9. The van der Waals surface area contributed by atoms with E-state index in [4.69, 9.17) is 11.6 Å². The predicted molar refractivity (Wildman–Crippen MR) is 60.9 cm³/mol. The van der Waals surface area contributed by atoms with Crippen LogP contribution in [-0.4, -0.2) is 29.2 Å². The number of nitro benzene ring substituents is 1. The summed E-state index contributed by atoms with van der Waals surface area (Å²) in [5.41, 5.74) is 0.396. The normalized spacial score (nSPS) is 20.1. The quantitative estimate of drug-likeness (QED) is 0.635. The van der Waals surface area contributed by atoms with E-state index in [9.17, 15) is 15.2 Å². The van der Waals surface area contributed by atoms with Gasteiger partial charge in [0.1, 0.15) is 10.7 Å². The summed E-state index contributed by atoms with van der Waals surface area (Å²) in [6, 6.07) is 4.83. The van der Waals surface area contributed by atoms with Crippen molar-refractivity contribution in [1.29, 1.82) is 0 Å². The molecule has 0 unspecified atom stereocenters. The topological polar surface area (TPSA) is 66.6 Å². The van der Waals surface area contributed by atoms with Crippen LogP contribution < -0.4 is 4.90 Å². The van der Waals surface area contributed by atoms with Crippen molar-refractivity contribution in [1.82, 2.24) is 0 Å². The Balaban J connectivity index is 2.40. The Labute approximate surface area is 97.4 Å². The molecule has 1 aromatic carbocycles. The molecule has 6 heteroatoms. The molecule has 0 aromatic heterocycles. The van der Waals surface area contributed by atoms with Gasteiger partial charge in [-0.05, 0) is 18.6 Å². The molecule has 0 saturated carbocycles. The standard InChI is InChI=1S/C10H11ClN2O3/c11-8-2-1-3-9(10(8)13(15)16)12-5-4-7(14)6-12/h1-3,7,14H,4-6H2/t7-/m1/s1. The third-order valence-electron chi connectivity index (χ3n) is 2.65. The lowest BCUT2D eigenvalue weighted by molar-refractivity contribution is -0.384. The van der Waals surface area contributed by atoms with Gasteiger partial charge in [0.05, 0.1) is 11.0 Å². The number of hydrogen-bond donors (Lipinski definition) is 1. The highest BCUT2D eigenvalue weighted by atomic mass is 35.5. The molecule has 1 atom stereocenters. The Morgan fingerprint density at radius 1 is 1.56 bits per heavy atom. The van der Waals surface area contributed by atoms with Crippen LogP contribution in [-0.2, 0) is 0 Å². The molecule has 0 spiro atoms. The highest BCUT2D eigenvalue weighted by Crippen LogP contribution is 2.36. The van der Waals surface area contributed by atoms with Gasteiger partial charge in [-0.15, -0.1) is 0 Å². The minimum Gasteiger partial charge on any atom is -0.391 e. The number of anilines is 1. The fourth-order valence-electron chi connectivity index (χ4n) is 1.90. The summed E-state index contributed by atoms with van der Waals surface area (Å²) >= 11 is 5.81. The van der Waals surface area contributed by atoms with Gasteiger partial charge in [-0.25, -0.2) is 0 Å². The molecule has 1 saturated heterocycles. The van der Waals surface area contributed by atoms with Gasteiger partial charge in [-0.1, -0.05) is 17.7 Å². The number of aliphatic hydroxyl groups excluding tert-OH is 1. The Kier molecular flexibility index (Phi) is 2.98. The van der Waals surface area contributed by atoms with Crippen molar-refractivity contribution in [3.63, 3.8) is 0 Å². The number of nitrogens with zero attached hydrogens (tertiary/aromatic N) is 2. The van der Waals surface area contributed by atoms with Crippen LogP contribution in [0.4, 0.5) is 11.4 Å². The number of aliphatic hydroxyl groups is 1. The van der Waals surface area contributed by atoms with E-state index in [1.54, 1.807) is 17.0 Å². The molecule has 2 rings (SSSR count). The SMILES string of the molecule is O=[N+]([O-])c1c(Cl)cccc1N1CC[C@@H](O)C1.